The second-order valence-electron chi connectivity index (χ2n) is 6.62. The van der Waals surface area contributed by atoms with Gasteiger partial charge in [-0.05, 0) is 10.6 Å². The maximum atomic E-state index is 4.60. The van der Waals surface area contributed by atoms with Crippen LogP contribution in [0.5, 0.6) is 0 Å². The zero-order chi connectivity index (χ0) is 14.6. The molecule has 0 atom stereocenters. The van der Waals surface area contributed by atoms with Crippen molar-refractivity contribution >= 4 is 40.6 Å². The van der Waals surface area contributed by atoms with Crippen LogP contribution in [0.4, 0.5) is 0 Å². The molecule has 0 aliphatic rings. The largest absolute Gasteiger partial charge is 0.299 e. The Bertz CT molecular complexity index is 977. The van der Waals surface area contributed by atoms with Crippen LogP contribution in [0.15, 0.2) is 54.9 Å². The van der Waals surface area contributed by atoms with Crippen molar-refractivity contribution in [1.29, 1.82) is 0 Å². The molecule has 0 aliphatic carbocycles. The predicted molar refractivity (Wildman–Crippen MR) is 93.2 cm³/mol. The zero-order valence-electron chi connectivity index (χ0n) is 12.6. The Labute approximate surface area is 125 Å². The minimum Gasteiger partial charge on any atom is -0.299 e. The van der Waals surface area contributed by atoms with Crippen LogP contribution in [-0.4, -0.2) is 17.5 Å². The van der Waals surface area contributed by atoms with Gasteiger partial charge in [-0.3, -0.25) is 4.40 Å². The molecule has 3 heteroatoms. The molecule has 0 unspecified atom stereocenters. The Morgan fingerprint density at radius 3 is 2.33 bits per heavy atom. The molecule has 4 aromatic rings. The van der Waals surface area contributed by atoms with E-state index in [1.807, 2.05) is 6.20 Å². The predicted octanol–water partition coefficient (Wildman–Crippen LogP) is 4.19. The van der Waals surface area contributed by atoms with Gasteiger partial charge in [0, 0.05) is 23.2 Å². The van der Waals surface area contributed by atoms with Gasteiger partial charge in [-0.25, -0.2) is 4.98 Å². The Morgan fingerprint density at radius 2 is 1.57 bits per heavy atom. The molecule has 2 heterocycles. The van der Waals surface area contributed by atoms with Crippen molar-refractivity contribution in [1.82, 2.24) is 9.38 Å². The van der Waals surface area contributed by atoms with Crippen molar-refractivity contribution in [2.45, 2.75) is 19.6 Å². The minimum absolute atomic E-state index is 1.06. The molecular formula is C18H18N2Si. The summed E-state index contributed by atoms with van der Waals surface area (Å²) in [5, 5.41) is 5.35. The number of hydrogen-bond acceptors (Lipinski definition) is 1. The number of fused-ring (bicyclic) bond motifs is 6. The van der Waals surface area contributed by atoms with Crippen molar-refractivity contribution < 1.29 is 0 Å². The van der Waals surface area contributed by atoms with Crippen LogP contribution < -0.4 is 5.19 Å². The van der Waals surface area contributed by atoms with E-state index in [-0.39, 0.29) is 0 Å². The van der Waals surface area contributed by atoms with Crippen LogP contribution in [0.3, 0.4) is 0 Å². The van der Waals surface area contributed by atoms with E-state index < -0.39 is 8.07 Å². The van der Waals surface area contributed by atoms with E-state index in [9.17, 15) is 0 Å². The van der Waals surface area contributed by atoms with E-state index >= 15 is 0 Å². The number of imidazole rings is 1. The molecule has 2 aromatic heterocycles. The highest BCUT2D eigenvalue weighted by atomic mass is 28.3. The summed E-state index contributed by atoms with van der Waals surface area (Å²) in [6.45, 7) is 7.21. The third-order valence-corrected chi connectivity index (χ3v) is 6.20. The summed E-state index contributed by atoms with van der Waals surface area (Å²) < 4.78 is 2.27. The molecule has 0 aliphatic heterocycles. The van der Waals surface area contributed by atoms with Crippen LogP contribution in [0.25, 0.3) is 27.3 Å². The van der Waals surface area contributed by atoms with Crippen LogP contribution in [-0.2, 0) is 0 Å². The van der Waals surface area contributed by atoms with Gasteiger partial charge >= 0.3 is 0 Å². The van der Waals surface area contributed by atoms with E-state index in [2.05, 4.69) is 77.7 Å². The molecule has 0 saturated carbocycles. The van der Waals surface area contributed by atoms with Crippen LogP contribution in [0.2, 0.25) is 19.6 Å². The van der Waals surface area contributed by atoms with E-state index in [0.717, 1.165) is 5.65 Å². The van der Waals surface area contributed by atoms with E-state index in [4.69, 9.17) is 0 Å². The molecule has 0 N–H and O–H groups in total. The van der Waals surface area contributed by atoms with Crippen molar-refractivity contribution in [2.75, 3.05) is 0 Å². The maximum Gasteiger partial charge on any atom is 0.145 e. The van der Waals surface area contributed by atoms with Gasteiger partial charge in [-0.2, -0.15) is 0 Å². The molecular weight excluding hydrogens is 272 g/mol. The lowest BCUT2D eigenvalue weighted by Gasteiger charge is -2.21. The summed E-state index contributed by atoms with van der Waals surface area (Å²) in [5.74, 6) is 0. The van der Waals surface area contributed by atoms with Crippen LogP contribution in [0, 0.1) is 0 Å². The highest BCUT2D eigenvalue weighted by molar-refractivity contribution is 6.90. The normalized spacial score (nSPS) is 12.5. The summed E-state index contributed by atoms with van der Waals surface area (Å²) in [5.41, 5.74) is 2.40. The number of benzene rings is 2. The monoisotopic (exact) mass is 290 g/mol. The van der Waals surface area contributed by atoms with Gasteiger partial charge < -0.3 is 0 Å². The fourth-order valence-electron chi connectivity index (χ4n) is 3.22. The number of para-hydroxylation sites is 1. The summed E-state index contributed by atoms with van der Waals surface area (Å²) in [7, 11) is -1.42. The Balaban J connectivity index is 2.37. The lowest BCUT2D eigenvalue weighted by atomic mass is 10.1. The average molecular weight is 290 g/mol. The zero-order valence-corrected chi connectivity index (χ0v) is 13.6. The number of nitrogens with zero attached hydrogens (tertiary/aromatic N) is 2. The smallest absolute Gasteiger partial charge is 0.145 e. The number of aromatic nitrogens is 2. The third-order valence-electron chi connectivity index (χ3n) is 4.18. The number of hydrogen-bond donors (Lipinski definition) is 0. The molecule has 0 fully saturated rings. The lowest BCUT2D eigenvalue weighted by molar-refractivity contribution is 1.28. The van der Waals surface area contributed by atoms with Crippen molar-refractivity contribution in [3.8, 4) is 0 Å². The third kappa shape index (κ3) is 1.74. The minimum atomic E-state index is -1.42. The van der Waals surface area contributed by atoms with Gasteiger partial charge in [0.2, 0.25) is 0 Å². The van der Waals surface area contributed by atoms with Crippen LogP contribution in [0.1, 0.15) is 0 Å². The van der Waals surface area contributed by atoms with Gasteiger partial charge in [0.1, 0.15) is 5.65 Å². The van der Waals surface area contributed by atoms with Crippen molar-refractivity contribution in [2.24, 2.45) is 0 Å². The van der Waals surface area contributed by atoms with Crippen molar-refractivity contribution in [3.63, 3.8) is 0 Å². The fourth-order valence-corrected chi connectivity index (χ4v) is 4.78. The Kier molecular flexibility index (Phi) is 2.51. The molecule has 0 radical (unpaired) electrons. The second kappa shape index (κ2) is 4.18. The highest BCUT2D eigenvalue weighted by Gasteiger charge is 2.21. The fraction of sp³-hybridized carbons (Fsp3) is 0.167. The van der Waals surface area contributed by atoms with Crippen molar-refractivity contribution in [3.05, 3.63) is 54.9 Å². The Hall–Kier alpha value is -2.13. The SMILES string of the molecule is C[Si](C)(C)c1cccc2c3ccccc3c3nccn3c12. The van der Waals surface area contributed by atoms with Crippen LogP contribution >= 0.6 is 0 Å². The van der Waals surface area contributed by atoms with Gasteiger partial charge in [-0.15, -0.1) is 0 Å². The second-order valence-corrected chi connectivity index (χ2v) is 11.7. The topological polar surface area (TPSA) is 17.3 Å². The molecule has 104 valence electrons. The summed E-state index contributed by atoms with van der Waals surface area (Å²) in [4.78, 5) is 4.60. The quantitative estimate of drug-likeness (QED) is 0.379. The first-order valence-corrected chi connectivity index (χ1v) is 10.8. The number of rotatable bonds is 1. The van der Waals surface area contributed by atoms with Gasteiger partial charge in [0.15, 0.2) is 0 Å². The first-order chi connectivity index (χ1) is 10.1. The molecule has 0 spiro atoms. The van der Waals surface area contributed by atoms with E-state index in [1.54, 1.807) is 0 Å². The van der Waals surface area contributed by atoms with Gasteiger partial charge in [-0.1, -0.05) is 62.1 Å². The first kappa shape index (κ1) is 12.6. The molecule has 2 nitrogen and oxygen atoms in total. The average Bonchev–Trinajstić information content (AvgIpc) is 2.95. The lowest BCUT2D eigenvalue weighted by Crippen LogP contribution is -2.38. The molecule has 0 amide bonds. The van der Waals surface area contributed by atoms with Gasteiger partial charge in [0.05, 0.1) is 13.6 Å². The van der Waals surface area contributed by atoms with E-state index in [1.165, 1.54) is 26.9 Å². The van der Waals surface area contributed by atoms with Gasteiger partial charge in [0.25, 0.3) is 0 Å². The maximum absolute atomic E-state index is 4.60. The summed E-state index contributed by atoms with van der Waals surface area (Å²) in [6.07, 6.45) is 4.00. The Morgan fingerprint density at radius 1 is 0.857 bits per heavy atom. The molecule has 2 aromatic carbocycles. The first-order valence-electron chi connectivity index (χ1n) is 7.34. The molecule has 21 heavy (non-hydrogen) atoms. The molecule has 0 saturated heterocycles. The summed E-state index contributed by atoms with van der Waals surface area (Å²) in [6, 6.07) is 15.3. The summed E-state index contributed by atoms with van der Waals surface area (Å²) >= 11 is 0. The van der Waals surface area contributed by atoms with E-state index in [0.29, 0.717) is 0 Å². The molecule has 0 bridgehead atoms. The standard InChI is InChI=1S/C18H18N2Si/c1-21(2,3)16-10-6-9-14-13-7-4-5-8-15(13)18-19-11-12-20(18)17(14)16/h4-12H,1-3H3. The number of pyridine rings is 1. The molecule has 4 rings (SSSR count). The highest BCUT2D eigenvalue weighted by Crippen LogP contribution is 2.28.